The molecule has 0 radical (unpaired) electrons. The predicted molar refractivity (Wildman–Crippen MR) is 97.3 cm³/mol. The lowest BCUT2D eigenvalue weighted by molar-refractivity contribution is -0.333. The molecule has 6 nitrogen and oxygen atoms in total. The number of methoxy groups -OCH3 is 1. The Morgan fingerprint density at radius 3 is 2.41 bits per heavy atom. The molecule has 3 aliphatic heterocycles. The molecule has 27 heavy (non-hydrogen) atoms. The lowest BCUT2D eigenvalue weighted by atomic mass is 9.96. The van der Waals surface area contributed by atoms with E-state index < -0.39 is 12.6 Å². The maximum atomic E-state index is 6.27. The molecule has 6 atom stereocenters. The van der Waals surface area contributed by atoms with Crippen LogP contribution >= 0.6 is 0 Å². The molecule has 0 aliphatic carbocycles. The van der Waals surface area contributed by atoms with E-state index in [1.807, 2.05) is 60.7 Å². The van der Waals surface area contributed by atoms with Gasteiger partial charge in [-0.25, -0.2) is 4.99 Å². The van der Waals surface area contributed by atoms with Gasteiger partial charge in [0.2, 0.25) is 5.90 Å². The number of ether oxygens (including phenoxy) is 5. The van der Waals surface area contributed by atoms with Gasteiger partial charge in [-0.1, -0.05) is 48.5 Å². The van der Waals surface area contributed by atoms with E-state index in [4.69, 9.17) is 28.7 Å². The van der Waals surface area contributed by atoms with Crippen molar-refractivity contribution in [3.05, 3.63) is 71.8 Å². The van der Waals surface area contributed by atoms with Gasteiger partial charge in [0.15, 0.2) is 18.7 Å². The third kappa shape index (κ3) is 3.04. The van der Waals surface area contributed by atoms with E-state index in [0.29, 0.717) is 12.5 Å². The summed E-state index contributed by atoms with van der Waals surface area (Å²) >= 11 is 0. The Morgan fingerprint density at radius 1 is 0.926 bits per heavy atom. The smallest absolute Gasteiger partial charge is 0.217 e. The molecule has 2 aromatic carbocycles. The number of fused-ring (bicyclic) bond motifs is 3. The van der Waals surface area contributed by atoms with E-state index in [1.165, 1.54) is 0 Å². The first-order chi connectivity index (χ1) is 13.3. The van der Waals surface area contributed by atoms with Crippen molar-refractivity contribution in [2.24, 2.45) is 4.99 Å². The number of benzene rings is 2. The van der Waals surface area contributed by atoms with Crippen LogP contribution in [0.1, 0.15) is 17.4 Å². The Morgan fingerprint density at radius 2 is 1.67 bits per heavy atom. The van der Waals surface area contributed by atoms with Crippen molar-refractivity contribution in [2.45, 2.75) is 36.9 Å². The fourth-order valence-electron chi connectivity index (χ4n) is 3.82. The van der Waals surface area contributed by atoms with Gasteiger partial charge in [-0.2, -0.15) is 0 Å². The molecular weight excluding hydrogens is 346 g/mol. The molecule has 0 bridgehead atoms. The van der Waals surface area contributed by atoms with Crippen molar-refractivity contribution in [3.63, 3.8) is 0 Å². The van der Waals surface area contributed by atoms with Crippen LogP contribution < -0.4 is 0 Å². The molecule has 3 aliphatic rings. The lowest BCUT2D eigenvalue weighted by Crippen LogP contribution is -2.60. The number of aliphatic imine (C=N–C) groups is 1. The highest BCUT2D eigenvalue weighted by Gasteiger charge is 2.54. The van der Waals surface area contributed by atoms with Crippen LogP contribution in [0.4, 0.5) is 0 Å². The lowest BCUT2D eigenvalue weighted by Gasteiger charge is -2.45. The van der Waals surface area contributed by atoms with Gasteiger partial charge in [-0.3, -0.25) is 0 Å². The average Bonchev–Trinajstić information content (AvgIpc) is 3.20. The van der Waals surface area contributed by atoms with E-state index >= 15 is 0 Å². The fourth-order valence-corrected chi connectivity index (χ4v) is 3.82. The third-order valence-electron chi connectivity index (χ3n) is 5.15. The molecule has 0 saturated carbocycles. The van der Waals surface area contributed by atoms with Crippen LogP contribution in [0.5, 0.6) is 0 Å². The number of hydrogen-bond acceptors (Lipinski definition) is 6. The van der Waals surface area contributed by atoms with Gasteiger partial charge in [0.25, 0.3) is 0 Å². The Hall–Kier alpha value is -2.25. The molecule has 0 spiro atoms. The monoisotopic (exact) mass is 367 g/mol. The second-order valence-electron chi connectivity index (χ2n) is 6.83. The zero-order valence-corrected chi connectivity index (χ0v) is 14.9. The second kappa shape index (κ2) is 7.05. The summed E-state index contributed by atoms with van der Waals surface area (Å²) in [6, 6.07) is 19.5. The minimum Gasteiger partial charge on any atom is -0.469 e. The molecule has 0 N–H and O–H groups in total. The van der Waals surface area contributed by atoms with Crippen LogP contribution in [-0.2, 0) is 23.7 Å². The summed E-state index contributed by atoms with van der Waals surface area (Å²) in [7, 11) is 1.62. The van der Waals surface area contributed by atoms with E-state index in [1.54, 1.807) is 7.11 Å². The van der Waals surface area contributed by atoms with E-state index in [9.17, 15) is 0 Å². The highest BCUT2D eigenvalue weighted by Crippen LogP contribution is 2.39. The third-order valence-corrected chi connectivity index (χ3v) is 5.15. The van der Waals surface area contributed by atoms with Gasteiger partial charge in [-0.15, -0.1) is 0 Å². The summed E-state index contributed by atoms with van der Waals surface area (Å²) in [6.07, 6.45) is -1.76. The standard InChI is InChI=1S/C21H21NO5/c1-23-21-16-18(26-19(22-16)13-8-4-2-5-9-13)17-15(25-21)12-24-20(27-17)14-10-6-3-7-11-14/h2-11,15-18,20-21H,12H2,1H3/t15-,16+,17-,18-,20+,21+/m1/s1. The van der Waals surface area contributed by atoms with Crippen molar-refractivity contribution in [1.82, 2.24) is 0 Å². The zero-order valence-electron chi connectivity index (χ0n) is 14.9. The van der Waals surface area contributed by atoms with Crippen molar-refractivity contribution in [1.29, 1.82) is 0 Å². The van der Waals surface area contributed by atoms with Crippen molar-refractivity contribution in [2.75, 3.05) is 13.7 Å². The van der Waals surface area contributed by atoms with Crippen molar-refractivity contribution in [3.8, 4) is 0 Å². The van der Waals surface area contributed by atoms with Crippen LogP contribution in [0.2, 0.25) is 0 Å². The van der Waals surface area contributed by atoms with Gasteiger partial charge in [0, 0.05) is 18.2 Å². The number of rotatable bonds is 3. The average molecular weight is 367 g/mol. The molecule has 0 unspecified atom stereocenters. The molecule has 3 heterocycles. The molecule has 2 saturated heterocycles. The van der Waals surface area contributed by atoms with Crippen LogP contribution in [0, 0.1) is 0 Å². The minimum atomic E-state index is -0.488. The Bertz CT molecular complexity index is 812. The SMILES string of the molecule is CO[C@H]1O[C@@H]2CO[C@H](c3ccccc3)O[C@H]2[C@@H]2OC(c3ccccc3)=N[C@H]12. The van der Waals surface area contributed by atoms with Crippen LogP contribution in [0.25, 0.3) is 0 Å². The second-order valence-corrected chi connectivity index (χ2v) is 6.83. The summed E-state index contributed by atoms with van der Waals surface area (Å²) in [5.74, 6) is 0.600. The molecular formula is C21H21NO5. The quantitative estimate of drug-likeness (QED) is 0.835. The highest BCUT2D eigenvalue weighted by molar-refractivity contribution is 5.95. The van der Waals surface area contributed by atoms with Gasteiger partial charge in [0.1, 0.15) is 18.2 Å². The van der Waals surface area contributed by atoms with Crippen LogP contribution in [-0.4, -0.2) is 50.3 Å². The number of nitrogens with zero attached hydrogens (tertiary/aromatic N) is 1. The van der Waals surface area contributed by atoms with Crippen molar-refractivity contribution < 1.29 is 23.7 Å². The maximum absolute atomic E-state index is 6.27. The maximum Gasteiger partial charge on any atom is 0.217 e. The zero-order chi connectivity index (χ0) is 18.2. The van der Waals surface area contributed by atoms with Crippen LogP contribution in [0.3, 0.4) is 0 Å². The van der Waals surface area contributed by atoms with Gasteiger partial charge in [-0.05, 0) is 12.1 Å². The molecule has 140 valence electrons. The molecule has 2 aromatic rings. The Balaban J connectivity index is 1.41. The molecule has 2 fully saturated rings. The fraction of sp³-hybridized carbons (Fsp3) is 0.381. The van der Waals surface area contributed by atoms with Gasteiger partial charge in [0.05, 0.1) is 6.61 Å². The number of hydrogen-bond donors (Lipinski definition) is 0. The summed E-state index contributed by atoms with van der Waals surface area (Å²) in [4.78, 5) is 4.74. The first-order valence-electron chi connectivity index (χ1n) is 9.13. The van der Waals surface area contributed by atoms with E-state index in [-0.39, 0.29) is 24.4 Å². The Kier molecular flexibility index (Phi) is 4.41. The minimum absolute atomic E-state index is 0.263. The summed E-state index contributed by atoms with van der Waals surface area (Å²) < 4.78 is 30.0. The van der Waals surface area contributed by atoms with E-state index in [0.717, 1.165) is 11.1 Å². The van der Waals surface area contributed by atoms with Crippen LogP contribution in [0.15, 0.2) is 65.7 Å². The van der Waals surface area contributed by atoms with Crippen molar-refractivity contribution >= 4 is 5.90 Å². The molecule has 6 heteroatoms. The normalized spacial score (nSPS) is 34.9. The molecule has 0 aromatic heterocycles. The highest BCUT2D eigenvalue weighted by atomic mass is 16.7. The first-order valence-corrected chi connectivity index (χ1v) is 9.13. The largest absolute Gasteiger partial charge is 0.469 e. The Labute approximate surface area is 157 Å². The first kappa shape index (κ1) is 16.9. The molecule has 5 rings (SSSR count). The predicted octanol–water partition coefficient (Wildman–Crippen LogP) is 2.69. The molecule has 0 amide bonds. The van der Waals surface area contributed by atoms with E-state index in [2.05, 4.69) is 0 Å². The summed E-state index contributed by atoms with van der Waals surface area (Å²) in [5, 5.41) is 0. The topological polar surface area (TPSA) is 58.5 Å². The van der Waals surface area contributed by atoms with Gasteiger partial charge >= 0.3 is 0 Å². The summed E-state index contributed by atoms with van der Waals surface area (Å²) in [5.41, 5.74) is 1.91. The summed E-state index contributed by atoms with van der Waals surface area (Å²) in [6.45, 7) is 0.414. The van der Waals surface area contributed by atoms with Gasteiger partial charge < -0.3 is 23.7 Å².